The van der Waals surface area contributed by atoms with Crippen molar-refractivity contribution in [3.63, 3.8) is 0 Å². The van der Waals surface area contributed by atoms with Crippen LogP contribution in [0.2, 0.25) is 0 Å². The maximum absolute atomic E-state index is 12.1. The molecule has 23 heavy (non-hydrogen) atoms. The minimum atomic E-state index is -0.0412. The van der Waals surface area contributed by atoms with Crippen molar-refractivity contribution in [3.05, 3.63) is 53.9 Å². The molecule has 0 unspecified atom stereocenters. The number of nitrogens with zero attached hydrogens (tertiary/aromatic N) is 2. The van der Waals surface area contributed by atoms with Crippen molar-refractivity contribution in [2.75, 3.05) is 0 Å². The van der Waals surface area contributed by atoms with Gasteiger partial charge in [-0.1, -0.05) is 61.1 Å². The third-order valence-corrected chi connectivity index (χ3v) is 4.98. The molecule has 0 saturated heterocycles. The van der Waals surface area contributed by atoms with Crippen molar-refractivity contribution in [1.29, 1.82) is 0 Å². The first-order valence-electron chi connectivity index (χ1n) is 7.94. The molecule has 3 rings (SSSR count). The molecule has 0 radical (unpaired) electrons. The minimum Gasteiger partial charge on any atom is -0.312 e. The number of carbonyl (C=O) groups is 1. The fourth-order valence-corrected chi connectivity index (χ4v) is 3.87. The van der Waals surface area contributed by atoms with Gasteiger partial charge in [0.05, 0.1) is 10.2 Å². The summed E-state index contributed by atoms with van der Waals surface area (Å²) in [5, 5.41) is 2.41. The zero-order valence-electron chi connectivity index (χ0n) is 13.3. The molecule has 2 aromatic carbocycles. The van der Waals surface area contributed by atoms with Crippen LogP contribution in [0.4, 0.5) is 0 Å². The molecule has 1 aromatic heterocycles. The second kappa shape index (κ2) is 6.92. The van der Waals surface area contributed by atoms with Gasteiger partial charge in [0.2, 0.25) is 5.91 Å². The number of carbonyl (C=O) groups excluding carboxylic acids is 1. The van der Waals surface area contributed by atoms with E-state index in [2.05, 4.69) is 47.3 Å². The highest BCUT2D eigenvalue weighted by Crippen LogP contribution is 2.27. The Kier molecular flexibility index (Phi) is 4.72. The lowest BCUT2D eigenvalue weighted by Crippen LogP contribution is -2.16. The molecule has 3 aromatic rings. The van der Waals surface area contributed by atoms with Crippen LogP contribution in [-0.2, 0) is 11.3 Å². The molecule has 0 bridgehead atoms. The molecule has 0 aliphatic rings. The average molecular weight is 324 g/mol. The fourth-order valence-electron chi connectivity index (χ4n) is 2.68. The Balaban J connectivity index is 2.22. The molecule has 118 valence electrons. The number of rotatable bonds is 5. The molecule has 0 saturated carbocycles. The van der Waals surface area contributed by atoms with Crippen LogP contribution in [0.25, 0.3) is 21.0 Å². The number of allylic oxidation sites excluding steroid dienone is 1. The molecular formula is C19H20N2OS. The predicted octanol–water partition coefficient (Wildman–Crippen LogP) is 4.66. The fraction of sp³-hybridized carbons (Fsp3) is 0.263. The molecule has 0 aliphatic heterocycles. The summed E-state index contributed by atoms with van der Waals surface area (Å²) in [5.41, 5.74) is 1.11. The standard InChI is InChI=1S/C19H20N2OS/c1-3-5-10-17(22)20-19-21(13-4-2)16-12-11-14-8-6-7-9-15(14)18(16)23-19/h4,6-9,11-12H,2-3,5,10,13H2,1H3. The van der Waals surface area contributed by atoms with E-state index in [1.165, 1.54) is 15.5 Å². The largest absolute Gasteiger partial charge is 0.312 e. The van der Waals surface area contributed by atoms with E-state index in [-0.39, 0.29) is 5.91 Å². The smallest absolute Gasteiger partial charge is 0.248 e. The van der Waals surface area contributed by atoms with Crippen LogP contribution >= 0.6 is 11.3 Å². The Hall–Kier alpha value is -2.20. The second-order valence-electron chi connectivity index (χ2n) is 5.53. The maximum atomic E-state index is 12.1. The Morgan fingerprint density at radius 3 is 2.91 bits per heavy atom. The van der Waals surface area contributed by atoms with Crippen LogP contribution in [0, 0.1) is 0 Å². The van der Waals surface area contributed by atoms with Gasteiger partial charge in [0.15, 0.2) is 4.80 Å². The van der Waals surface area contributed by atoms with Crippen molar-refractivity contribution < 1.29 is 4.79 Å². The Labute approximate surface area is 139 Å². The lowest BCUT2D eigenvalue weighted by Gasteiger charge is -2.02. The topological polar surface area (TPSA) is 34.4 Å². The Morgan fingerprint density at radius 2 is 2.13 bits per heavy atom. The highest BCUT2D eigenvalue weighted by Gasteiger charge is 2.09. The first-order chi connectivity index (χ1) is 11.2. The monoisotopic (exact) mass is 324 g/mol. The van der Waals surface area contributed by atoms with E-state index >= 15 is 0 Å². The van der Waals surface area contributed by atoms with E-state index in [0.29, 0.717) is 13.0 Å². The number of hydrogen-bond donors (Lipinski definition) is 0. The van der Waals surface area contributed by atoms with Crippen LogP contribution in [0.3, 0.4) is 0 Å². The first kappa shape index (κ1) is 15.7. The Bertz CT molecular complexity index is 933. The highest BCUT2D eigenvalue weighted by atomic mass is 32.1. The number of amides is 1. The lowest BCUT2D eigenvalue weighted by molar-refractivity contribution is -0.118. The summed E-state index contributed by atoms with van der Waals surface area (Å²) in [4.78, 5) is 17.2. The van der Waals surface area contributed by atoms with Gasteiger partial charge in [-0.3, -0.25) is 4.79 Å². The number of benzene rings is 2. The molecule has 0 atom stereocenters. The van der Waals surface area contributed by atoms with Gasteiger partial charge in [-0.25, -0.2) is 0 Å². The summed E-state index contributed by atoms with van der Waals surface area (Å²) >= 11 is 1.58. The van der Waals surface area contributed by atoms with Crippen molar-refractivity contribution in [1.82, 2.24) is 4.57 Å². The van der Waals surface area contributed by atoms with Gasteiger partial charge >= 0.3 is 0 Å². The number of unbranched alkanes of at least 4 members (excludes halogenated alkanes) is 1. The third-order valence-electron chi connectivity index (χ3n) is 3.85. The highest BCUT2D eigenvalue weighted by molar-refractivity contribution is 7.17. The number of fused-ring (bicyclic) bond motifs is 3. The molecule has 3 nitrogen and oxygen atoms in total. The van der Waals surface area contributed by atoms with Crippen LogP contribution in [-0.4, -0.2) is 10.5 Å². The summed E-state index contributed by atoms with van der Waals surface area (Å²) in [6.45, 7) is 6.56. The molecule has 4 heteroatoms. The van der Waals surface area contributed by atoms with E-state index in [1.807, 2.05) is 18.2 Å². The maximum Gasteiger partial charge on any atom is 0.248 e. The van der Waals surface area contributed by atoms with Gasteiger partial charge in [0, 0.05) is 18.4 Å². The van der Waals surface area contributed by atoms with Crippen LogP contribution < -0.4 is 4.80 Å². The summed E-state index contributed by atoms with van der Waals surface area (Å²) in [5.74, 6) is -0.0412. The number of hydrogen-bond acceptors (Lipinski definition) is 2. The summed E-state index contributed by atoms with van der Waals surface area (Å²) in [6.07, 6.45) is 4.25. The molecule has 0 fully saturated rings. The molecular weight excluding hydrogens is 304 g/mol. The average Bonchev–Trinajstić information content (AvgIpc) is 2.91. The van der Waals surface area contributed by atoms with Crippen molar-refractivity contribution in [2.24, 2.45) is 4.99 Å². The normalized spacial score (nSPS) is 12.1. The van der Waals surface area contributed by atoms with Crippen LogP contribution in [0.5, 0.6) is 0 Å². The van der Waals surface area contributed by atoms with E-state index in [4.69, 9.17) is 0 Å². The third kappa shape index (κ3) is 3.13. The van der Waals surface area contributed by atoms with E-state index < -0.39 is 0 Å². The number of aromatic nitrogens is 1. The summed E-state index contributed by atoms with van der Waals surface area (Å²) in [7, 11) is 0. The number of thiazole rings is 1. The van der Waals surface area contributed by atoms with Crippen LogP contribution in [0.15, 0.2) is 54.0 Å². The zero-order chi connectivity index (χ0) is 16.2. The van der Waals surface area contributed by atoms with Gasteiger partial charge in [-0.05, 0) is 17.9 Å². The zero-order valence-corrected chi connectivity index (χ0v) is 14.1. The molecule has 0 aliphatic carbocycles. The van der Waals surface area contributed by atoms with Crippen molar-refractivity contribution >= 4 is 38.2 Å². The van der Waals surface area contributed by atoms with Gasteiger partial charge in [-0.15, -0.1) is 6.58 Å². The lowest BCUT2D eigenvalue weighted by atomic mass is 10.1. The molecule has 0 N–H and O–H groups in total. The van der Waals surface area contributed by atoms with Gasteiger partial charge < -0.3 is 4.57 Å². The van der Waals surface area contributed by atoms with E-state index in [1.54, 1.807) is 11.3 Å². The van der Waals surface area contributed by atoms with Gasteiger partial charge in [0.25, 0.3) is 0 Å². The van der Waals surface area contributed by atoms with Gasteiger partial charge in [-0.2, -0.15) is 4.99 Å². The van der Waals surface area contributed by atoms with E-state index in [9.17, 15) is 4.79 Å². The first-order valence-corrected chi connectivity index (χ1v) is 8.75. The minimum absolute atomic E-state index is 0.0412. The Morgan fingerprint density at radius 1 is 1.30 bits per heavy atom. The summed E-state index contributed by atoms with van der Waals surface area (Å²) < 4.78 is 3.25. The van der Waals surface area contributed by atoms with Gasteiger partial charge in [0.1, 0.15) is 0 Å². The van der Waals surface area contributed by atoms with E-state index in [0.717, 1.165) is 23.2 Å². The summed E-state index contributed by atoms with van der Waals surface area (Å²) in [6, 6.07) is 12.5. The van der Waals surface area contributed by atoms with Crippen molar-refractivity contribution in [2.45, 2.75) is 32.7 Å². The molecule has 1 heterocycles. The quantitative estimate of drug-likeness (QED) is 0.629. The second-order valence-corrected chi connectivity index (χ2v) is 6.51. The van der Waals surface area contributed by atoms with Crippen LogP contribution in [0.1, 0.15) is 26.2 Å². The molecule has 0 spiro atoms. The molecule has 1 amide bonds. The van der Waals surface area contributed by atoms with Crippen molar-refractivity contribution in [3.8, 4) is 0 Å². The predicted molar refractivity (Wildman–Crippen MR) is 97.6 cm³/mol. The SMILES string of the molecule is C=CCn1c(=NC(=O)CCCC)sc2c3ccccc3ccc21.